The highest BCUT2D eigenvalue weighted by atomic mass is 16.5. The number of aromatic nitrogens is 1. The molecule has 0 unspecified atom stereocenters. The van der Waals surface area contributed by atoms with Gasteiger partial charge in [0, 0.05) is 31.4 Å². The lowest BCUT2D eigenvalue weighted by atomic mass is 10.1. The average molecular weight is 405 g/mol. The number of pyridine rings is 1. The quantitative estimate of drug-likeness (QED) is 0.515. The van der Waals surface area contributed by atoms with E-state index in [4.69, 9.17) is 4.74 Å². The summed E-state index contributed by atoms with van der Waals surface area (Å²) in [5, 5.41) is 9.28. The van der Waals surface area contributed by atoms with E-state index in [2.05, 4.69) is 18.0 Å². The second-order valence-corrected chi connectivity index (χ2v) is 7.28. The van der Waals surface area contributed by atoms with Crippen molar-refractivity contribution in [1.82, 2.24) is 9.88 Å². The topological polar surface area (TPSA) is 62.7 Å². The summed E-state index contributed by atoms with van der Waals surface area (Å²) >= 11 is 0. The fraction of sp³-hybridized carbons (Fsp3) is 0.280. The van der Waals surface area contributed by atoms with Gasteiger partial charge in [0.2, 0.25) is 0 Å². The summed E-state index contributed by atoms with van der Waals surface area (Å²) in [6.45, 7) is 3.77. The van der Waals surface area contributed by atoms with Crippen LogP contribution in [-0.2, 0) is 30.7 Å². The molecule has 1 N–H and O–H groups in total. The number of hydrogen-bond donors (Lipinski definition) is 1. The van der Waals surface area contributed by atoms with Gasteiger partial charge in [-0.25, -0.2) is 0 Å². The fourth-order valence-corrected chi connectivity index (χ4v) is 3.28. The number of benzene rings is 2. The lowest BCUT2D eigenvalue weighted by molar-refractivity contribution is -0.138. The lowest BCUT2D eigenvalue weighted by Crippen LogP contribution is -2.28. The maximum atomic E-state index is 11.3. The lowest BCUT2D eigenvalue weighted by Gasteiger charge is -2.21. The molecule has 5 heteroatoms. The highest BCUT2D eigenvalue weighted by Crippen LogP contribution is 2.17. The van der Waals surface area contributed by atoms with Crippen molar-refractivity contribution in [2.45, 2.75) is 32.9 Å². The van der Waals surface area contributed by atoms with Gasteiger partial charge in [-0.1, -0.05) is 55.5 Å². The predicted molar refractivity (Wildman–Crippen MR) is 117 cm³/mol. The Morgan fingerprint density at radius 1 is 0.967 bits per heavy atom. The largest absolute Gasteiger partial charge is 0.493 e. The molecule has 0 radical (unpaired) electrons. The fourth-order valence-electron chi connectivity index (χ4n) is 3.28. The van der Waals surface area contributed by atoms with Crippen molar-refractivity contribution < 1.29 is 14.6 Å². The number of hydrogen-bond acceptors (Lipinski definition) is 4. The average Bonchev–Trinajstić information content (AvgIpc) is 2.75. The Bertz CT molecular complexity index is 927. The van der Waals surface area contributed by atoms with E-state index in [1.54, 1.807) is 0 Å². The number of aryl methyl sites for hydroxylation is 1. The Balaban J connectivity index is 1.57. The van der Waals surface area contributed by atoms with Crippen LogP contribution < -0.4 is 4.74 Å². The summed E-state index contributed by atoms with van der Waals surface area (Å²) < 4.78 is 5.91. The van der Waals surface area contributed by atoms with Gasteiger partial charge in [-0.15, -0.1) is 0 Å². The van der Waals surface area contributed by atoms with Crippen LogP contribution in [0.5, 0.6) is 5.75 Å². The van der Waals surface area contributed by atoms with Gasteiger partial charge in [-0.05, 0) is 41.3 Å². The first-order chi connectivity index (χ1) is 14.6. The van der Waals surface area contributed by atoms with Crippen molar-refractivity contribution in [2.24, 2.45) is 0 Å². The third-order valence-corrected chi connectivity index (χ3v) is 4.83. The van der Waals surface area contributed by atoms with E-state index in [-0.39, 0.29) is 6.54 Å². The molecule has 2 aromatic carbocycles. The number of rotatable bonds is 11. The van der Waals surface area contributed by atoms with E-state index in [1.165, 1.54) is 5.56 Å². The Labute approximate surface area is 178 Å². The summed E-state index contributed by atoms with van der Waals surface area (Å²) in [6, 6.07) is 21.9. The van der Waals surface area contributed by atoms with Gasteiger partial charge in [0.1, 0.15) is 5.75 Å². The van der Waals surface area contributed by atoms with Gasteiger partial charge in [-0.2, -0.15) is 0 Å². The standard InChI is InChI=1S/C25H28N2O3/c1-2-20-11-12-23(26-16-20)13-14-30-24-10-6-9-22(15-24)18-27(19-25(28)29)17-21-7-4-3-5-8-21/h3-12,15-16H,2,13-14,17-19H2,1H3,(H,28,29). The molecule has 3 rings (SSSR count). The van der Waals surface area contributed by atoms with E-state index in [9.17, 15) is 9.90 Å². The van der Waals surface area contributed by atoms with Crippen LogP contribution in [-0.4, -0.2) is 34.1 Å². The summed E-state index contributed by atoms with van der Waals surface area (Å²) in [4.78, 5) is 17.7. The predicted octanol–water partition coefficient (Wildman–Crippen LogP) is 4.35. The SMILES string of the molecule is CCc1ccc(CCOc2cccc(CN(CC(=O)O)Cc3ccccc3)c2)nc1. The Morgan fingerprint density at radius 3 is 2.43 bits per heavy atom. The minimum atomic E-state index is -0.833. The maximum Gasteiger partial charge on any atom is 0.317 e. The molecular weight excluding hydrogens is 376 g/mol. The molecule has 0 spiro atoms. The number of aliphatic carboxylic acids is 1. The second kappa shape index (κ2) is 11.1. The molecule has 156 valence electrons. The molecule has 1 heterocycles. The molecule has 0 aliphatic heterocycles. The smallest absolute Gasteiger partial charge is 0.317 e. The number of carbonyl (C=O) groups is 1. The Hall–Kier alpha value is -3.18. The molecule has 0 aliphatic rings. The van der Waals surface area contributed by atoms with Gasteiger partial charge in [-0.3, -0.25) is 14.7 Å². The summed E-state index contributed by atoms with van der Waals surface area (Å²) in [5.74, 6) is -0.0485. The zero-order valence-electron chi connectivity index (χ0n) is 17.3. The highest BCUT2D eigenvalue weighted by molar-refractivity contribution is 5.69. The van der Waals surface area contributed by atoms with Crippen LogP contribution in [0, 0.1) is 0 Å². The summed E-state index contributed by atoms with van der Waals surface area (Å²) in [5.41, 5.74) is 4.36. The van der Waals surface area contributed by atoms with Gasteiger partial charge in [0.25, 0.3) is 0 Å². The van der Waals surface area contributed by atoms with Crippen LogP contribution >= 0.6 is 0 Å². The van der Waals surface area contributed by atoms with E-state index in [0.717, 1.165) is 35.4 Å². The number of carboxylic acids is 1. The minimum absolute atomic E-state index is 0.0145. The van der Waals surface area contributed by atoms with Crippen LogP contribution in [0.15, 0.2) is 72.9 Å². The maximum absolute atomic E-state index is 11.3. The molecule has 0 bridgehead atoms. The summed E-state index contributed by atoms with van der Waals surface area (Å²) in [6.07, 6.45) is 3.65. The number of carboxylic acid groups (broad SMARTS) is 1. The second-order valence-electron chi connectivity index (χ2n) is 7.28. The van der Waals surface area contributed by atoms with Crippen LogP contribution in [0.1, 0.15) is 29.3 Å². The number of ether oxygens (including phenoxy) is 1. The van der Waals surface area contributed by atoms with Crippen LogP contribution in [0.2, 0.25) is 0 Å². The molecule has 3 aromatic rings. The van der Waals surface area contributed by atoms with Crippen molar-refractivity contribution in [1.29, 1.82) is 0 Å². The van der Waals surface area contributed by atoms with Gasteiger partial charge in [0.15, 0.2) is 0 Å². The third-order valence-electron chi connectivity index (χ3n) is 4.83. The van der Waals surface area contributed by atoms with Crippen LogP contribution in [0.4, 0.5) is 0 Å². The molecule has 0 saturated heterocycles. The molecular formula is C25H28N2O3. The monoisotopic (exact) mass is 404 g/mol. The Morgan fingerprint density at radius 2 is 1.73 bits per heavy atom. The van der Waals surface area contributed by atoms with Gasteiger partial charge in [0.05, 0.1) is 13.2 Å². The summed E-state index contributed by atoms with van der Waals surface area (Å²) in [7, 11) is 0. The normalized spacial score (nSPS) is 10.9. The van der Waals surface area contributed by atoms with Crippen molar-refractivity contribution in [2.75, 3.05) is 13.2 Å². The van der Waals surface area contributed by atoms with Crippen molar-refractivity contribution >= 4 is 5.97 Å². The first kappa shape index (κ1) is 21.5. The third kappa shape index (κ3) is 7.01. The first-order valence-corrected chi connectivity index (χ1v) is 10.3. The molecule has 0 fully saturated rings. The molecule has 1 aromatic heterocycles. The van der Waals surface area contributed by atoms with Crippen LogP contribution in [0.3, 0.4) is 0 Å². The van der Waals surface area contributed by atoms with Crippen molar-refractivity contribution in [3.05, 3.63) is 95.3 Å². The zero-order valence-corrected chi connectivity index (χ0v) is 17.3. The molecule has 5 nitrogen and oxygen atoms in total. The van der Waals surface area contributed by atoms with Gasteiger partial charge >= 0.3 is 5.97 Å². The molecule has 0 aliphatic carbocycles. The molecule has 30 heavy (non-hydrogen) atoms. The van der Waals surface area contributed by atoms with E-state index >= 15 is 0 Å². The molecule has 0 atom stereocenters. The highest BCUT2D eigenvalue weighted by Gasteiger charge is 2.12. The number of nitrogens with zero attached hydrogens (tertiary/aromatic N) is 2. The van der Waals surface area contributed by atoms with Crippen molar-refractivity contribution in [3.63, 3.8) is 0 Å². The van der Waals surface area contributed by atoms with E-state index in [0.29, 0.717) is 19.7 Å². The van der Waals surface area contributed by atoms with Crippen molar-refractivity contribution in [3.8, 4) is 5.75 Å². The first-order valence-electron chi connectivity index (χ1n) is 10.3. The van der Waals surface area contributed by atoms with E-state index in [1.807, 2.05) is 71.8 Å². The van der Waals surface area contributed by atoms with Crippen LogP contribution in [0.25, 0.3) is 0 Å². The zero-order chi connectivity index (χ0) is 21.2. The Kier molecular flexibility index (Phi) is 7.98. The minimum Gasteiger partial charge on any atom is -0.493 e. The molecule has 0 saturated carbocycles. The van der Waals surface area contributed by atoms with Gasteiger partial charge < -0.3 is 9.84 Å². The van der Waals surface area contributed by atoms with E-state index < -0.39 is 5.97 Å². The molecule has 0 amide bonds.